The molecule has 0 radical (unpaired) electrons. The number of hydrogen-bond acceptors (Lipinski definition) is 6. The Morgan fingerprint density at radius 3 is 1.89 bits per heavy atom. The fourth-order valence-corrected chi connectivity index (χ4v) is 6.92. The second-order valence-corrected chi connectivity index (χ2v) is 13.1. The van der Waals surface area contributed by atoms with Crippen LogP contribution in [0.5, 0.6) is 5.75 Å². The highest BCUT2D eigenvalue weighted by Crippen LogP contribution is 2.30. The minimum atomic E-state index is -3.69. The molecule has 2 N–H and O–H groups in total. The van der Waals surface area contributed by atoms with Gasteiger partial charge in [-0.25, -0.2) is 8.42 Å². The zero-order chi connectivity index (χ0) is 31.1. The standard InChI is InChI=1S/C34H36N4O4S2/c1-25(2)42-31-16-10-9-15-30(31)33(39)36-34(43)35-28-17-19-29(20-18-28)44(40,41)38-23-21-37(22-24-38)32(26-11-5-3-6-12-26)27-13-7-4-8-14-27/h3-20,25,32H,21-24H2,1-2H3,(H2,35,36,39,43). The first kappa shape index (κ1) is 31.3. The number of rotatable bonds is 9. The maximum Gasteiger partial charge on any atom is 0.261 e. The fraction of sp³-hybridized carbons (Fsp3) is 0.235. The molecule has 0 aliphatic carbocycles. The van der Waals surface area contributed by atoms with Crippen LogP contribution in [-0.4, -0.2) is 60.9 Å². The van der Waals surface area contributed by atoms with Crippen molar-refractivity contribution >= 4 is 38.9 Å². The molecule has 4 aromatic rings. The molecular weight excluding hydrogens is 593 g/mol. The van der Waals surface area contributed by atoms with Gasteiger partial charge in [0, 0.05) is 31.9 Å². The number of amides is 1. The lowest BCUT2D eigenvalue weighted by atomic mass is 9.96. The highest BCUT2D eigenvalue weighted by Gasteiger charge is 2.32. The number of hydrogen-bond donors (Lipinski definition) is 2. The molecule has 0 spiro atoms. The largest absolute Gasteiger partial charge is 0.490 e. The number of para-hydroxylation sites is 1. The maximum absolute atomic E-state index is 13.5. The molecule has 1 amide bonds. The highest BCUT2D eigenvalue weighted by atomic mass is 32.2. The van der Waals surface area contributed by atoms with Crippen LogP contribution in [0.3, 0.4) is 0 Å². The molecule has 0 saturated carbocycles. The van der Waals surface area contributed by atoms with E-state index in [4.69, 9.17) is 17.0 Å². The molecule has 0 atom stereocenters. The van der Waals surface area contributed by atoms with Crippen molar-refractivity contribution in [2.45, 2.75) is 30.9 Å². The third-order valence-electron chi connectivity index (χ3n) is 7.34. The van der Waals surface area contributed by atoms with Crippen LogP contribution in [0.25, 0.3) is 0 Å². The molecule has 8 nitrogen and oxygen atoms in total. The molecule has 0 bridgehead atoms. The van der Waals surface area contributed by atoms with Crippen LogP contribution in [0.4, 0.5) is 5.69 Å². The number of nitrogens with zero attached hydrogens (tertiary/aromatic N) is 2. The quantitative estimate of drug-likeness (QED) is 0.230. The molecule has 44 heavy (non-hydrogen) atoms. The summed E-state index contributed by atoms with van der Waals surface area (Å²) in [6, 6.07) is 34.0. The molecule has 4 aromatic carbocycles. The van der Waals surface area contributed by atoms with E-state index in [1.54, 1.807) is 52.8 Å². The van der Waals surface area contributed by atoms with Gasteiger partial charge in [-0.1, -0.05) is 72.8 Å². The van der Waals surface area contributed by atoms with Gasteiger partial charge < -0.3 is 10.1 Å². The van der Waals surface area contributed by atoms with E-state index in [9.17, 15) is 13.2 Å². The SMILES string of the molecule is CC(C)Oc1ccccc1C(=O)NC(=S)Nc1ccc(S(=O)(=O)N2CCN(C(c3ccccc3)c3ccccc3)CC2)cc1. The van der Waals surface area contributed by atoms with Gasteiger partial charge in [-0.3, -0.25) is 15.0 Å². The summed E-state index contributed by atoms with van der Waals surface area (Å²) < 4.78 is 34.4. The van der Waals surface area contributed by atoms with Gasteiger partial charge in [-0.15, -0.1) is 0 Å². The van der Waals surface area contributed by atoms with E-state index in [0.717, 1.165) is 0 Å². The van der Waals surface area contributed by atoms with E-state index < -0.39 is 15.9 Å². The molecule has 1 heterocycles. The zero-order valence-electron chi connectivity index (χ0n) is 24.7. The van der Waals surface area contributed by atoms with Crippen LogP contribution >= 0.6 is 12.2 Å². The molecule has 228 valence electrons. The Morgan fingerprint density at radius 2 is 1.32 bits per heavy atom. The van der Waals surface area contributed by atoms with Gasteiger partial charge in [0.15, 0.2) is 5.11 Å². The number of thiocarbonyl (C=S) groups is 1. The van der Waals surface area contributed by atoms with Gasteiger partial charge in [0.05, 0.1) is 22.6 Å². The number of nitrogens with one attached hydrogen (secondary N) is 2. The van der Waals surface area contributed by atoms with Crippen LogP contribution in [0.1, 0.15) is 41.4 Å². The summed E-state index contributed by atoms with van der Waals surface area (Å²) in [5.41, 5.74) is 3.28. The topological polar surface area (TPSA) is 91.0 Å². The number of carbonyl (C=O) groups is 1. The van der Waals surface area contributed by atoms with Gasteiger partial charge in [0.2, 0.25) is 10.0 Å². The minimum absolute atomic E-state index is 0.0492. The lowest BCUT2D eigenvalue weighted by Crippen LogP contribution is -2.49. The van der Waals surface area contributed by atoms with E-state index in [1.165, 1.54) is 11.1 Å². The molecule has 1 aliphatic heterocycles. The van der Waals surface area contributed by atoms with Crippen LogP contribution in [0.2, 0.25) is 0 Å². The van der Waals surface area contributed by atoms with Crippen LogP contribution in [0.15, 0.2) is 114 Å². The average Bonchev–Trinajstić information content (AvgIpc) is 3.03. The lowest BCUT2D eigenvalue weighted by Gasteiger charge is -2.39. The van der Waals surface area contributed by atoms with Crippen molar-refractivity contribution in [3.8, 4) is 5.75 Å². The number of anilines is 1. The van der Waals surface area contributed by atoms with Gasteiger partial charge in [0.1, 0.15) is 5.75 Å². The van der Waals surface area contributed by atoms with Crippen LogP contribution in [-0.2, 0) is 10.0 Å². The summed E-state index contributed by atoms with van der Waals surface area (Å²) >= 11 is 5.34. The Morgan fingerprint density at radius 1 is 0.773 bits per heavy atom. The third-order valence-corrected chi connectivity index (χ3v) is 9.46. The Bertz CT molecular complexity index is 1630. The summed E-state index contributed by atoms with van der Waals surface area (Å²) in [6.45, 7) is 5.75. The van der Waals surface area contributed by atoms with Gasteiger partial charge in [-0.2, -0.15) is 4.31 Å². The first-order chi connectivity index (χ1) is 21.2. The summed E-state index contributed by atoms with van der Waals surface area (Å²) in [4.78, 5) is 15.4. The van der Waals surface area contributed by atoms with E-state index in [-0.39, 0.29) is 22.2 Å². The first-order valence-corrected chi connectivity index (χ1v) is 16.4. The fourth-order valence-electron chi connectivity index (χ4n) is 5.29. The van der Waals surface area contributed by atoms with Gasteiger partial charge in [-0.05, 0) is 73.6 Å². The Labute approximate surface area is 264 Å². The Kier molecular flexibility index (Phi) is 10.1. The summed E-state index contributed by atoms with van der Waals surface area (Å²) in [5, 5.41) is 5.71. The lowest BCUT2D eigenvalue weighted by molar-refractivity contribution is 0.0972. The minimum Gasteiger partial charge on any atom is -0.490 e. The number of ether oxygens (including phenoxy) is 1. The smallest absolute Gasteiger partial charge is 0.261 e. The molecule has 0 unspecified atom stereocenters. The zero-order valence-corrected chi connectivity index (χ0v) is 26.4. The molecule has 1 aliphatic rings. The van der Waals surface area contributed by atoms with Crippen LogP contribution < -0.4 is 15.4 Å². The molecule has 1 saturated heterocycles. The van der Waals surface area contributed by atoms with Crippen molar-refractivity contribution in [3.05, 3.63) is 126 Å². The predicted octanol–water partition coefficient (Wildman–Crippen LogP) is 5.70. The molecule has 5 rings (SSSR count). The highest BCUT2D eigenvalue weighted by molar-refractivity contribution is 7.89. The van der Waals surface area contributed by atoms with Crippen molar-refractivity contribution in [2.24, 2.45) is 0 Å². The Balaban J connectivity index is 1.20. The Hall–Kier alpha value is -4.09. The van der Waals surface area contributed by atoms with E-state index >= 15 is 0 Å². The van der Waals surface area contributed by atoms with E-state index in [1.807, 2.05) is 50.2 Å². The normalized spacial score (nSPS) is 14.4. The molecule has 10 heteroatoms. The monoisotopic (exact) mass is 628 g/mol. The van der Waals surface area contributed by atoms with E-state index in [2.05, 4.69) is 39.8 Å². The molecular formula is C34H36N4O4S2. The second kappa shape index (κ2) is 14.1. The maximum atomic E-state index is 13.5. The third kappa shape index (κ3) is 7.51. The van der Waals surface area contributed by atoms with Crippen molar-refractivity contribution in [1.82, 2.24) is 14.5 Å². The summed E-state index contributed by atoms with van der Waals surface area (Å²) in [5.74, 6) is 0.0627. The summed E-state index contributed by atoms with van der Waals surface area (Å²) in [7, 11) is -3.69. The average molecular weight is 629 g/mol. The second-order valence-electron chi connectivity index (χ2n) is 10.8. The van der Waals surface area contributed by atoms with E-state index in [0.29, 0.717) is 43.2 Å². The predicted molar refractivity (Wildman–Crippen MR) is 177 cm³/mol. The van der Waals surface area contributed by atoms with Crippen molar-refractivity contribution in [3.63, 3.8) is 0 Å². The first-order valence-electron chi connectivity index (χ1n) is 14.5. The number of benzene rings is 4. The van der Waals surface area contributed by atoms with Gasteiger partial charge in [0.25, 0.3) is 5.91 Å². The van der Waals surface area contributed by atoms with Crippen LogP contribution in [0, 0.1) is 0 Å². The number of sulfonamides is 1. The molecule has 0 aromatic heterocycles. The van der Waals surface area contributed by atoms with Crippen molar-refractivity contribution in [1.29, 1.82) is 0 Å². The number of piperazine rings is 1. The molecule has 1 fully saturated rings. The van der Waals surface area contributed by atoms with Crippen molar-refractivity contribution in [2.75, 3.05) is 31.5 Å². The van der Waals surface area contributed by atoms with Gasteiger partial charge >= 0.3 is 0 Å². The van der Waals surface area contributed by atoms with Crippen molar-refractivity contribution < 1.29 is 17.9 Å². The number of carbonyl (C=O) groups excluding carboxylic acids is 1. The summed E-state index contributed by atoms with van der Waals surface area (Å²) in [6.07, 6.45) is -0.0896.